The highest BCUT2D eigenvalue weighted by atomic mass is 19.4. The van der Waals surface area contributed by atoms with Crippen LogP contribution in [0, 0.1) is 27.8 Å². The van der Waals surface area contributed by atoms with Crippen LogP contribution in [0.3, 0.4) is 0 Å². The van der Waals surface area contributed by atoms with Crippen molar-refractivity contribution >= 4 is 34.9 Å². The number of pyridine rings is 1. The van der Waals surface area contributed by atoms with E-state index in [-0.39, 0.29) is 28.4 Å². The van der Waals surface area contributed by atoms with Crippen molar-refractivity contribution in [2.75, 3.05) is 31.0 Å². The summed E-state index contributed by atoms with van der Waals surface area (Å²) in [6.07, 6.45) is -5.78. The molecular formula is C29H26F4N4O7. The number of amides is 1. The number of nitrogens with one attached hydrogen (secondary N) is 1. The molecular weight excluding hydrogens is 592 g/mol. The molecule has 0 atom stereocenters. The number of aromatic nitrogens is 1. The molecule has 0 aliphatic heterocycles. The van der Waals surface area contributed by atoms with Gasteiger partial charge < -0.3 is 19.5 Å². The van der Waals surface area contributed by atoms with Crippen LogP contribution >= 0.6 is 0 Å². The molecule has 0 fully saturated rings. The third-order valence-corrected chi connectivity index (χ3v) is 5.57. The molecule has 0 saturated heterocycles. The molecule has 2 aromatic carbocycles. The number of methoxy groups -OCH3 is 2. The number of benzene rings is 2. The molecule has 11 nitrogen and oxygen atoms in total. The molecule has 3 rings (SSSR count). The average molecular weight is 619 g/mol. The van der Waals surface area contributed by atoms with E-state index in [1.807, 2.05) is 0 Å². The molecule has 3 aromatic rings. The molecule has 44 heavy (non-hydrogen) atoms. The van der Waals surface area contributed by atoms with Gasteiger partial charge in [0.25, 0.3) is 0 Å². The third-order valence-electron chi connectivity index (χ3n) is 5.57. The summed E-state index contributed by atoms with van der Waals surface area (Å²) in [5, 5.41) is 14.4. The minimum absolute atomic E-state index is 0.00215. The fourth-order valence-corrected chi connectivity index (χ4v) is 3.62. The van der Waals surface area contributed by atoms with Gasteiger partial charge in [-0.1, -0.05) is 11.8 Å². The Morgan fingerprint density at radius 2 is 1.75 bits per heavy atom. The Hall–Kier alpha value is -5.39. The predicted octanol–water partition coefficient (Wildman–Crippen LogP) is 6.48. The fraction of sp³-hybridized carbons (Fsp3) is 0.276. The van der Waals surface area contributed by atoms with Crippen molar-refractivity contribution in [3.63, 3.8) is 0 Å². The van der Waals surface area contributed by atoms with E-state index in [4.69, 9.17) is 9.47 Å². The second-order valence-electron chi connectivity index (χ2n) is 9.89. The van der Waals surface area contributed by atoms with Gasteiger partial charge in [0.2, 0.25) is 11.7 Å². The van der Waals surface area contributed by atoms with E-state index >= 15 is 0 Å². The summed E-state index contributed by atoms with van der Waals surface area (Å²) in [7, 11) is 2.32. The third kappa shape index (κ3) is 8.34. The van der Waals surface area contributed by atoms with E-state index in [0.29, 0.717) is 12.1 Å². The van der Waals surface area contributed by atoms with Crippen LogP contribution in [0.2, 0.25) is 0 Å². The van der Waals surface area contributed by atoms with E-state index in [9.17, 15) is 37.3 Å². The molecule has 1 heterocycles. The summed E-state index contributed by atoms with van der Waals surface area (Å²) in [6, 6.07) is 7.78. The number of alkyl halides is 3. The van der Waals surface area contributed by atoms with Crippen LogP contribution in [-0.4, -0.2) is 48.3 Å². The summed E-state index contributed by atoms with van der Waals surface area (Å²) in [5.74, 6) is 3.03. The van der Waals surface area contributed by atoms with Crippen molar-refractivity contribution in [1.29, 1.82) is 0 Å². The molecule has 1 amide bonds. The summed E-state index contributed by atoms with van der Waals surface area (Å²) >= 11 is 0. The molecule has 0 unspecified atom stereocenters. The maximum Gasteiger partial charge on any atom is 0.417 e. The molecule has 0 aliphatic rings. The average Bonchev–Trinajstić information content (AvgIpc) is 2.94. The first kappa shape index (κ1) is 33.1. The van der Waals surface area contributed by atoms with Crippen molar-refractivity contribution in [3.8, 4) is 17.7 Å². The Morgan fingerprint density at radius 1 is 1.05 bits per heavy atom. The highest BCUT2D eigenvalue weighted by Crippen LogP contribution is 2.34. The predicted molar refractivity (Wildman–Crippen MR) is 150 cm³/mol. The van der Waals surface area contributed by atoms with Crippen molar-refractivity contribution < 1.29 is 46.3 Å². The zero-order valence-corrected chi connectivity index (χ0v) is 24.0. The number of carbonyl (C=O) groups excluding carboxylic acids is 2. The number of esters is 1. The molecule has 232 valence electrons. The van der Waals surface area contributed by atoms with Gasteiger partial charge in [0.05, 0.1) is 53.8 Å². The van der Waals surface area contributed by atoms with Crippen molar-refractivity contribution in [2.45, 2.75) is 32.5 Å². The zero-order valence-electron chi connectivity index (χ0n) is 24.0. The van der Waals surface area contributed by atoms with Crippen LogP contribution in [-0.2, 0) is 15.7 Å². The lowest BCUT2D eigenvalue weighted by Gasteiger charge is -2.25. The lowest BCUT2D eigenvalue weighted by atomic mass is 10.1. The molecule has 1 N–H and O–H groups in total. The Bertz CT molecular complexity index is 1640. The van der Waals surface area contributed by atoms with Crippen molar-refractivity contribution in [1.82, 2.24) is 4.98 Å². The van der Waals surface area contributed by atoms with Crippen LogP contribution in [0.1, 0.15) is 42.3 Å². The zero-order chi connectivity index (χ0) is 32.8. The lowest BCUT2D eigenvalue weighted by molar-refractivity contribution is -0.384. The van der Waals surface area contributed by atoms with Gasteiger partial charge in [-0.05, 0) is 57.2 Å². The van der Waals surface area contributed by atoms with Crippen LogP contribution in [0.5, 0.6) is 5.88 Å². The van der Waals surface area contributed by atoms with Gasteiger partial charge in [-0.25, -0.2) is 18.9 Å². The Labute approximate surface area is 248 Å². The SMILES string of the molecule is COC(=O)c1ccc(C(F)(F)F)cc1Nc1ccc(F)cc1C#CCN(C(=O)OC(C)(C)C)c1nc(OC)ccc1[N+](=O)[O-]. The number of halogens is 4. The van der Waals surface area contributed by atoms with E-state index in [0.717, 1.165) is 36.3 Å². The Morgan fingerprint density at radius 3 is 2.34 bits per heavy atom. The number of nitro groups is 1. The van der Waals surface area contributed by atoms with Crippen molar-refractivity contribution in [3.05, 3.63) is 81.2 Å². The summed E-state index contributed by atoms with van der Waals surface area (Å²) in [5.41, 5.74) is -3.27. The number of carbonyl (C=O) groups is 2. The standard InChI is InChI=1S/C29H26F4N4O7/c1-28(2,3)44-27(39)36(25-23(37(40)41)12-13-24(35-25)42-4)14-6-7-17-15-19(30)9-11-21(17)34-22-16-18(29(31,32)33)8-10-20(22)26(38)43-5/h8-13,15-16,34H,14H2,1-5H3. The fourth-order valence-electron chi connectivity index (χ4n) is 3.62. The summed E-state index contributed by atoms with van der Waals surface area (Å²) in [4.78, 5) is 41.1. The molecule has 0 saturated carbocycles. The van der Waals surface area contributed by atoms with Gasteiger partial charge >= 0.3 is 23.9 Å². The number of hydrogen-bond acceptors (Lipinski definition) is 9. The minimum atomic E-state index is -4.74. The second kappa shape index (κ2) is 13.3. The number of nitrogens with zero attached hydrogens (tertiary/aromatic N) is 3. The number of ether oxygens (including phenoxy) is 3. The van der Waals surface area contributed by atoms with Gasteiger partial charge in [-0.3, -0.25) is 10.1 Å². The topological polar surface area (TPSA) is 133 Å². The van der Waals surface area contributed by atoms with Crippen LogP contribution in [0.25, 0.3) is 0 Å². The van der Waals surface area contributed by atoms with Gasteiger partial charge in [0.1, 0.15) is 11.4 Å². The quantitative estimate of drug-likeness (QED) is 0.104. The van der Waals surface area contributed by atoms with Crippen LogP contribution in [0.4, 0.5) is 45.2 Å². The highest BCUT2D eigenvalue weighted by molar-refractivity contribution is 5.97. The number of rotatable bonds is 7. The van der Waals surface area contributed by atoms with Crippen molar-refractivity contribution in [2.24, 2.45) is 0 Å². The summed E-state index contributed by atoms with van der Waals surface area (Å²) < 4.78 is 69.6. The monoisotopic (exact) mass is 618 g/mol. The minimum Gasteiger partial charge on any atom is -0.481 e. The number of hydrogen-bond donors (Lipinski definition) is 1. The molecule has 1 aromatic heterocycles. The van der Waals surface area contributed by atoms with Crippen LogP contribution in [0.15, 0.2) is 48.5 Å². The summed E-state index contributed by atoms with van der Waals surface area (Å²) in [6.45, 7) is 4.17. The second-order valence-corrected chi connectivity index (χ2v) is 9.89. The van der Waals surface area contributed by atoms with E-state index < -0.39 is 58.2 Å². The first-order valence-electron chi connectivity index (χ1n) is 12.6. The molecule has 0 spiro atoms. The lowest BCUT2D eigenvalue weighted by Crippen LogP contribution is -2.38. The first-order valence-corrected chi connectivity index (χ1v) is 12.6. The molecule has 0 bridgehead atoms. The van der Waals surface area contributed by atoms with Crippen LogP contribution < -0.4 is 15.0 Å². The Balaban J connectivity index is 2.09. The van der Waals surface area contributed by atoms with Gasteiger partial charge in [0.15, 0.2) is 0 Å². The molecule has 0 aliphatic carbocycles. The number of anilines is 3. The maximum atomic E-state index is 14.3. The van der Waals surface area contributed by atoms with Gasteiger partial charge in [0, 0.05) is 12.1 Å². The largest absolute Gasteiger partial charge is 0.481 e. The highest BCUT2D eigenvalue weighted by Gasteiger charge is 2.32. The normalized spacial score (nSPS) is 11.1. The van der Waals surface area contributed by atoms with E-state index in [2.05, 4.69) is 26.9 Å². The van der Waals surface area contributed by atoms with Gasteiger partial charge in [-0.2, -0.15) is 18.2 Å². The maximum absolute atomic E-state index is 14.3. The van der Waals surface area contributed by atoms with E-state index in [1.54, 1.807) is 20.8 Å². The van der Waals surface area contributed by atoms with Gasteiger partial charge in [-0.15, -0.1) is 0 Å². The molecule has 15 heteroatoms. The van der Waals surface area contributed by atoms with E-state index in [1.165, 1.54) is 19.2 Å². The smallest absolute Gasteiger partial charge is 0.417 e. The Kier molecular flexibility index (Phi) is 10.00. The first-order chi connectivity index (χ1) is 20.5. The molecule has 0 radical (unpaired) electrons.